The number of imidazole rings is 1. The van der Waals surface area contributed by atoms with E-state index in [4.69, 9.17) is 17.3 Å². The van der Waals surface area contributed by atoms with Crippen LogP contribution < -0.4 is 16.7 Å². The van der Waals surface area contributed by atoms with Crippen molar-refractivity contribution in [2.45, 2.75) is 0 Å². The molecule has 3 aromatic rings. The number of aromatic nitrogens is 3. The number of benzene rings is 1. The van der Waals surface area contributed by atoms with Crippen molar-refractivity contribution < 1.29 is 0 Å². The first-order chi connectivity index (χ1) is 9.99. The smallest absolute Gasteiger partial charge is 0.328 e. The number of halogens is 1. The van der Waals surface area contributed by atoms with Gasteiger partial charge in [0.1, 0.15) is 0 Å². The number of rotatable bonds is 2. The van der Waals surface area contributed by atoms with Crippen LogP contribution >= 0.6 is 11.6 Å². The highest BCUT2D eigenvalue weighted by molar-refractivity contribution is 6.32. The first-order valence-corrected chi connectivity index (χ1v) is 6.69. The van der Waals surface area contributed by atoms with Crippen LogP contribution in [0.25, 0.3) is 11.0 Å². The van der Waals surface area contributed by atoms with Gasteiger partial charge in [0, 0.05) is 26.0 Å². The van der Waals surface area contributed by atoms with Gasteiger partial charge in [0.05, 0.1) is 22.4 Å². The van der Waals surface area contributed by atoms with E-state index in [1.165, 1.54) is 0 Å². The molecular formula is C14H14ClN5O. The van der Waals surface area contributed by atoms with Gasteiger partial charge in [-0.2, -0.15) is 0 Å². The quantitative estimate of drug-likeness (QED) is 0.712. The highest BCUT2D eigenvalue weighted by Gasteiger charge is 2.09. The van der Waals surface area contributed by atoms with Crippen molar-refractivity contribution in [1.82, 2.24) is 14.1 Å². The van der Waals surface area contributed by atoms with Gasteiger partial charge < -0.3 is 11.1 Å². The molecule has 0 aliphatic rings. The molecule has 0 atom stereocenters. The van der Waals surface area contributed by atoms with Crippen molar-refractivity contribution >= 4 is 39.7 Å². The summed E-state index contributed by atoms with van der Waals surface area (Å²) >= 11 is 5.90. The maximum absolute atomic E-state index is 11.9. The van der Waals surface area contributed by atoms with Crippen LogP contribution in [0.4, 0.5) is 17.1 Å². The third kappa shape index (κ3) is 2.13. The molecular weight excluding hydrogens is 290 g/mol. The Balaban J connectivity index is 2.08. The molecule has 0 fully saturated rings. The zero-order chi connectivity index (χ0) is 15.1. The van der Waals surface area contributed by atoms with E-state index in [-0.39, 0.29) is 10.8 Å². The van der Waals surface area contributed by atoms with Crippen LogP contribution in [-0.4, -0.2) is 14.1 Å². The number of nitrogens with two attached hydrogens (primary N) is 1. The number of anilines is 3. The number of hydrogen-bond donors (Lipinski definition) is 2. The zero-order valence-corrected chi connectivity index (χ0v) is 12.3. The highest BCUT2D eigenvalue weighted by atomic mass is 35.5. The Morgan fingerprint density at radius 3 is 2.67 bits per heavy atom. The fourth-order valence-electron chi connectivity index (χ4n) is 2.30. The molecule has 0 unspecified atom stereocenters. The number of fused-ring (bicyclic) bond motifs is 1. The molecule has 3 rings (SSSR count). The summed E-state index contributed by atoms with van der Waals surface area (Å²) in [5.74, 6) is 0. The second kappa shape index (κ2) is 4.82. The van der Waals surface area contributed by atoms with Gasteiger partial charge in [0.25, 0.3) is 0 Å². The second-order valence-corrected chi connectivity index (χ2v) is 5.15. The average Bonchev–Trinajstić information content (AvgIpc) is 2.69. The lowest BCUT2D eigenvalue weighted by atomic mass is 10.2. The van der Waals surface area contributed by atoms with E-state index in [0.717, 1.165) is 16.7 Å². The van der Waals surface area contributed by atoms with Crippen molar-refractivity contribution in [3.8, 4) is 0 Å². The van der Waals surface area contributed by atoms with Gasteiger partial charge in [-0.3, -0.25) is 9.13 Å². The van der Waals surface area contributed by atoms with Gasteiger partial charge >= 0.3 is 5.69 Å². The van der Waals surface area contributed by atoms with E-state index in [2.05, 4.69) is 10.3 Å². The third-order valence-electron chi connectivity index (χ3n) is 3.49. The first-order valence-electron chi connectivity index (χ1n) is 6.31. The van der Waals surface area contributed by atoms with E-state index < -0.39 is 0 Å². The minimum atomic E-state index is -0.0615. The first kappa shape index (κ1) is 13.5. The number of nitrogens with zero attached hydrogens (tertiary/aromatic N) is 3. The molecule has 7 heteroatoms. The summed E-state index contributed by atoms with van der Waals surface area (Å²) in [5, 5.41) is 3.44. The molecule has 0 radical (unpaired) electrons. The van der Waals surface area contributed by atoms with Gasteiger partial charge in [-0.25, -0.2) is 9.78 Å². The van der Waals surface area contributed by atoms with Gasteiger partial charge in [-0.05, 0) is 24.3 Å². The Bertz CT molecular complexity index is 896. The van der Waals surface area contributed by atoms with Crippen molar-refractivity contribution in [1.29, 1.82) is 0 Å². The third-order valence-corrected chi connectivity index (χ3v) is 3.79. The maximum Gasteiger partial charge on any atom is 0.328 e. The lowest BCUT2D eigenvalue weighted by Crippen LogP contribution is -2.19. The van der Waals surface area contributed by atoms with Gasteiger partial charge in [0.15, 0.2) is 5.15 Å². The van der Waals surface area contributed by atoms with E-state index in [1.54, 1.807) is 35.5 Å². The van der Waals surface area contributed by atoms with Crippen LogP contribution in [0.15, 0.2) is 35.3 Å². The molecule has 0 spiro atoms. The summed E-state index contributed by atoms with van der Waals surface area (Å²) in [4.78, 5) is 15.8. The molecule has 0 bridgehead atoms. The molecule has 2 heterocycles. The lowest BCUT2D eigenvalue weighted by Gasteiger charge is -2.10. The van der Waals surface area contributed by atoms with Crippen LogP contribution in [-0.2, 0) is 14.1 Å². The summed E-state index contributed by atoms with van der Waals surface area (Å²) in [6, 6.07) is 7.41. The van der Waals surface area contributed by atoms with Crippen LogP contribution in [0.5, 0.6) is 0 Å². The molecule has 21 heavy (non-hydrogen) atoms. The molecule has 6 nitrogen and oxygen atoms in total. The molecule has 108 valence electrons. The van der Waals surface area contributed by atoms with E-state index >= 15 is 0 Å². The normalized spacial score (nSPS) is 11.0. The van der Waals surface area contributed by atoms with Gasteiger partial charge in [-0.15, -0.1) is 0 Å². The fraction of sp³-hybridized carbons (Fsp3) is 0.143. The molecule has 1 aromatic carbocycles. The summed E-state index contributed by atoms with van der Waals surface area (Å²) in [6.45, 7) is 0. The Morgan fingerprint density at radius 1 is 1.19 bits per heavy atom. The van der Waals surface area contributed by atoms with Crippen molar-refractivity contribution in [2.24, 2.45) is 14.1 Å². The van der Waals surface area contributed by atoms with Crippen LogP contribution in [0.3, 0.4) is 0 Å². The minimum Gasteiger partial charge on any atom is -0.395 e. The second-order valence-electron chi connectivity index (χ2n) is 4.79. The molecule has 2 aromatic heterocycles. The molecule has 0 saturated carbocycles. The summed E-state index contributed by atoms with van der Waals surface area (Å²) in [6.07, 6.45) is 1.58. The predicted octanol–water partition coefficient (Wildman–Crippen LogP) is 2.25. The Kier molecular flexibility index (Phi) is 3.10. The Labute approximate surface area is 125 Å². The van der Waals surface area contributed by atoms with E-state index in [0.29, 0.717) is 11.4 Å². The van der Waals surface area contributed by atoms with Crippen molar-refractivity contribution in [3.05, 3.63) is 46.1 Å². The van der Waals surface area contributed by atoms with Gasteiger partial charge in [-0.1, -0.05) is 11.6 Å². The molecule has 0 saturated heterocycles. The molecule has 0 aliphatic heterocycles. The topological polar surface area (TPSA) is 77.9 Å². The number of nitrogens with one attached hydrogen (secondary N) is 1. The van der Waals surface area contributed by atoms with Crippen molar-refractivity contribution in [2.75, 3.05) is 11.1 Å². The summed E-state index contributed by atoms with van der Waals surface area (Å²) < 4.78 is 3.21. The summed E-state index contributed by atoms with van der Waals surface area (Å²) in [5.41, 5.74) is 9.42. The zero-order valence-electron chi connectivity index (χ0n) is 11.6. The van der Waals surface area contributed by atoms with E-state index in [9.17, 15) is 4.79 Å². The van der Waals surface area contributed by atoms with Crippen LogP contribution in [0.2, 0.25) is 5.15 Å². The van der Waals surface area contributed by atoms with Crippen molar-refractivity contribution in [3.63, 3.8) is 0 Å². The summed E-state index contributed by atoms with van der Waals surface area (Å²) in [7, 11) is 3.49. The van der Waals surface area contributed by atoms with Crippen LogP contribution in [0, 0.1) is 0 Å². The maximum atomic E-state index is 11.9. The predicted molar refractivity (Wildman–Crippen MR) is 85.1 cm³/mol. The Hall–Kier alpha value is -2.47. The Morgan fingerprint density at radius 2 is 1.90 bits per heavy atom. The number of aryl methyl sites for hydroxylation is 2. The minimum absolute atomic E-state index is 0.0615. The SMILES string of the molecule is Cn1c(=O)n(C)c2cc(Nc3ccnc(Cl)c3N)ccc21. The largest absolute Gasteiger partial charge is 0.395 e. The fourth-order valence-corrected chi connectivity index (χ4v) is 2.45. The molecule has 3 N–H and O–H groups in total. The number of pyridine rings is 1. The number of hydrogen-bond acceptors (Lipinski definition) is 4. The molecule has 0 amide bonds. The standard InChI is InChI=1S/C14H14ClN5O/c1-19-10-4-3-8(7-11(10)20(2)14(19)21)18-9-5-6-17-13(15)12(9)16/h3-7H,16H2,1-2H3,(H,17,18). The van der Waals surface area contributed by atoms with Crippen LogP contribution in [0.1, 0.15) is 0 Å². The van der Waals surface area contributed by atoms with Gasteiger partial charge in [0.2, 0.25) is 0 Å². The monoisotopic (exact) mass is 303 g/mol. The average molecular weight is 304 g/mol. The lowest BCUT2D eigenvalue weighted by molar-refractivity contribution is 0.795. The van der Waals surface area contributed by atoms with E-state index in [1.807, 2.05) is 18.2 Å². The highest BCUT2D eigenvalue weighted by Crippen LogP contribution is 2.28. The molecule has 0 aliphatic carbocycles. The number of nitrogen functional groups attached to an aromatic ring is 1.